The van der Waals surface area contributed by atoms with Gasteiger partial charge >= 0.3 is 0 Å². The molecule has 2 nitrogen and oxygen atoms in total. The highest BCUT2D eigenvalue weighted by Gasteiger charge is 2.22. The molecule has 6 heteroatoms. The number of thiophene rings is 4. The van der Waals surface area contributed by atoms with Crippen LogP contribution in [0.5, 0.6) is 0 Å². The highest BCUT2D eigenvalue weighted by Crippen LogP contribution is 2.47. The van der Waals surface area contributed by atoms with E-state index in [9.17, 15) is 0 Å². The summed E-state index contributed by atoms with van der Waals surface area (Å²) in [5, 5.41) is 4.35. The van der Waals surface area contributed by atoms with Crippen molar-refractivity contribution in [3.8, 4) is 29.3 Å². The van der Waals surface area contributed by atoms with Crippen LogP contribution in [0.1, 0.15) is 128 Å². The average molecular weight is 663 g/mol. The highest BCUT2D eigenvalue weighted by molar-refractivity contribution is 7.29. The summed E-state index contributed by atoms with van der Waals surface area (Å²) in [5.41, 5.74) is 4.76. The molecule has 0 bridgehead atoms. The van der Waals surface area contributed by atoms with Crippen LogP contribution in [0, 0.1) is 0 Å². The van der Waals surface area contributed by atoms with E-state index in [0.29, 0.717) is 0 Å². The summed E-state index contributed by atoms with van der Waals surface area (Å²) in [6.45, 7) is 4.60. The van der Waals surface area contributed by atoms with Gasteiger partial charge in [-0.3, -0.25) is 0 Å². The molecule has 0 radical (unpaired) electrons. The summed E-state index contributed by atoms with van der Waals surface area (Å²) in [7, 11) is 0. The number of fused-ring (bicyclic) bond motifs is 1. The van der Waals surface area contributed by atoms with Crippen LogP contribution >= 0.6 is 45.3 Å². The number of nitrogens with zero attached hydrogens (tertiary/aromatic N) is 2. The first-order valence-electron chi connectivity index (χ1n) is 17.3. The molecule has 0 aromatic carbocycles. The van der Waals surface area contributed by atoms with Crippen LogP contribution in [0.3, 0.4) is 0 Å². The van der Waals surface area contributed by atoms with Crippen molar-refractivity contribution >= 4 is 56.4 Å². The van der Waals surface area contributed by atoms with Crippen molar-refractivity contribution in [3.05, 3.63) is 58.5 Å². The highest BCUT2D eigenvalue weighted by atomic mass is 32.1. The van der Waals surface area contributed by atoms with Crippen molar-refractivity contribution in [1.82, 2.24) is 9.97 Å². The third-order valence-corrected chi connectivity index (χ3v) is 13.1. The molecule has 0 unspecified atom stereocenters. The minimum absolute atomic E-state index is 1.05. The Morgan fingerprint density at radius 2 is 0.909 bits per heavy atom. The van der Waals surface area contributed by atoms with Gasteiger partial charge in [0, 0.05) is 19.5 Å². The first kappa shape index (κ1) is 33.5. The number of aryl methyl sites for hydroxylation is 2. The van der Waals surface area contributed by atoms with Gasteiger partial charge < -0.3 is 0 Å². The third-order valence-electron chi connectivity index (χ3n) is 8.56. The van der Waals surface area contributed by atoms with Gasteiger partial charge in [0.15, 0.2) is 0 Å². The number of rotatable bonds is 21. The molecule has 0 amide bonds. The molecular weight excluding hydrogens is 613 g/mol. The van der Waals surface area contributed by atoms with Gasteiger partial charge in [-0.15, -0.1) is 45.3 Å². The van der Waals surface area contributed by atoms with Crippen LogP contribution in [0.4, 0.5) is 0 Å². The second-order valence-electron chi connectivity index (χ2n) is 12.1. The number of hydrogen-bond acceptors (Lipinski definition) is 6. The number of hydrogen-bond donors (Lipinski definition) is 0. The summed E-state index contributed by atoms with van der Waals surface area (Å²) in [5.74, 6) is 0. The minimum atomic E-state index is 1.05. The van der Waals surface area contributed by atoms with E-state index < -0.39 is 0 Å². The van der Waals surface area contributed by atoms with Gasteiger partial charge in [-0.25, -0.2) is 9.97 Å². The van der Waals surface area contributed by atoms with Crippen molar-refractivity contribution in [2.75, 3.05) is 0 Å². The zero-order chi connectivity index (χ0) is 30.4. The lowest BCUT2D eigenvalue weighted by Crippen LogP contribution is -2.03. The summed E-state index contributed by atoms with van der Waals surface area (Å²) in [6.07, 6.45) is 23.6. The zero-order valence-corrected chi connectivity index (χ0v) is 30.1. The third kappa shape index (κ3) is 9.34. The Morgan fingerprint density at radius 3 is 1.41 bits per heavy atom. The van der Waals surface area contributed by atoms with Crippen molar-refractivity contribution in [2.45, 2.75) is 129 Å². The van der Waals surface area contributed by atoms with Crippen molar-refractivity contribution in [1.29, 1.82) is 0 Å². The van der Waals surface area contributed by atoms with E-state index in [1.54, 1.807) is 0 Å². The summed E-state index contributed by atoms with van der Waals surface area (Å²) in [4.78, 5) is 18.9. The molecule has 0 fully saturated rings. The average Bonchev–Trinajstić information content (AvgIpc) is 3.86. The van der Waals surface area contributed by atoms with Gasteiger partial charge in [-0.2, -0.15) is 0 Å². The quantitative estimate of drug-likeness (QED) is 0.0731. The van der Waals surface area contributed by atoms with Crippen molar-refractivity contribution in [2.24, 2.45) is 0 Å². The molecule has 5 aromatic heterocycles. The fraction of sp³-hybridized carbons (Fsp3) is 0.526. The van der Waals surface area contributed by atoms with Gasteiger partial charge in [0.05, 0.1) is 21.1 Å². The van der Waals surface area contributed by atoms with Crippen LogP contribution in [0.15, 0.2) is 47.2 Å². The number of aromatic nitrogens is 2. The molecule has 0 saturated heterocycles. The molecule has 236 valence electrons. The lowest BCUT2D eigenvalue weighted by atomic mass is 10.0. The van der Waals surface area contributed by atoms with Crippen LogP contribution in [-0.4, -0.2) is 9.97 Å². The largest absolute Gasteiger partial charge is 0.248 e. The maximum Gasteiger partial charge on any atom is 0.109 e. The van der Waals surface area contributed by atoms with Crippen LogP contribution in [0.2, 0.25) is 0 Å². The molecule has 0 saturated carbocycles. The van der Waals surface area contributed by atoms with Gasteiger partial charge in [-0.1, -0.05) is 116 Å². The Kier molecular flexibility index (Phi) is 14.0. The molecule has 0 aliphatic carbocycles. The Balaban J connectivity index is 1.38. The zero-order valence-electron chi connectivity index (χ0n) is 26.9. The van der Waals surface area contributed by atoms with E-state index >= 15 is 0 Å². The van der Waals surface area contributed by atoms with E-state index in [1.165, 1.54) is 143 Å². The topological polar surface area (TPSA) is 25.8 Å². The maximum absolute atomic E-state index is 5.52. The Labute approximate surface area is 282 Å². The Bertz CT molecular complexity index is 1490. The molecule has 0 spiro atoms. The van der Waals surface area contributed by atoms with Gasteiger partial charge in [-0.05, 0) is 60.7 Å². The molecule has 44 heavy (non-hydrogen) atoms. The SMILES string of the molecule is CCCCCCCCCCc1nc2c(-c3cccs3)sc(-c3ccc(-c4cccs4)s3)c2nc1CCCCCCCCCC. The standard InChI is InChI=1S/C38H50N2S4/c1-3-5-7-9-11-13-15-17-21-29-30(22-18-16-14-12-10-8-6-4-2)40-36-35(39-29)37(33-24-20-28-42-33)44-38(36)34-26-25-32(43-34)31-23-19-27-41-31/h19-20,23-28H,3-18,21-22H2,1-2H3. The maximum atomic E-state index is 5.52. The van der Waals surface area contributed by atoms with E-state index in [-0.39, 0.29) is 0 Å². The van der Waals surface area contributed by atoms with Crippen molar-refractivity contribution in [3.63, 3.8) is 0 Å². The molecule has 5 rings (SSSR count). The Hall–Kier alpha value is -1.86. The number of unbranched alkanes of at least 4 members (excludes halogenated alkanes) is 14. The van der Waals surface area contributed by atoms with Crippen LogP contribution < -0.4 is 0 Å². The molecular formula is C38H50N2S4. The predicted molar refractivity (Wildman–Crippen MR) is 200 cm³/mol. The van der Waals surface area contributed by atoms with E-state index in [2.05, 4.69) is 61.0 Å². The molecule has 0 aliphatic rings. The molecule has 0 atom stereocenters. The fourth-order valence-corrected chi connectivity index (χ4v) is 10.0. The normalized spacial score (nSPS) is 11.7. The first-order valence-corrected chi connectivity index (χ1v) is 20.7. The van der Waals surface area contributed by atoms with Gasteiger partial charge in [0.25, 0.3) is 0 Å². The summed E-state index contributed by atoms with van der Waals surface area (Å²) in [6, 6.07) is 13.4. The van der Waals surface area contributed by atoms with E-state index in [1.807, 2.05) is 45.3 Å². The second kappa shape index (κ2) is 18.3. The molecule has 0 aliphatic heterocycles. The van der Waals surface area contributed by atoms with Crippen LogP contribution in [0.25, 0.3) is 40.3 Å². The molecule has 5 aromatic rings. The smallest absolute Gasteiger partial charge is 0.109 e. The van der Waals surface area contributed by atoms with Gasteiger partial charge in [0.2, 0.25) is 0 Å². The molecule has 0 N–H and O–H groups in total. The lowest BCUT2D eigenvalue weighted by molar-refractivity contribution is 0.567. The monoisotopic (exact) mass is 662 g/mol. The minimum Gasteiger partial charge on any atom is -0.248 e. The summed E-state index contributed by atoms with van der Waals surface area (Å²) >= 11 is 7.42. The van der Waals surface area contributed by atoms with Gasteiger partial charge in [0.1, 0.15) is 11.0 Å². The fourth-order valence-electron chi connectivity index (χ4n) is 6.03. The van der Waals surface area contributed by atoms with Crippen LogP contribution in [-0.2, 0) is 12.8 Å². The lowest BCUT2D eigenvalue weighted by Gasteiger charge is -2.10. The molecule has 5 heterocycles. The van der Waals surface area contributed by atoms with E-state index in [4.69, 9.17) is 9.97 Å². The second-order valence-corrected chi connectivity index (χ2v) is 16.1. The van der Waals surface area contributed by atoms with Crippen molar-refractivity contribution < 1.29 is 0 Å². The Morgan fingerprint density at radius 1 is 0.455 bits per heavy atom. The predicted octanol–water partition coefficient (Wildman–Crippen LogP) is 14.2. The first-order chi connectivity index (χ1) is 21.8. The summed E-state index contributed by atoms with van der Waals surface area (Å²) < 4.78 is 0. The van der Waals surface area contributed by atoms with E-state index in [0.717, 1.165) is 23.9 Å².